The molecule has 0 radical (unpaired) electrons. The molecule has 5 nitrogen and oxygen atoms in total. The van der Waals surface area contributed by atoms with E-state index in [4.69, 9.17) is 0 Å². The van der Waals surface area contributed by atoms with E-state index in [1.54, 1.807) is 24.9 Å². The third kappa shape index (κ3) is 5.57. The lowest BCUT2D eigenvalue weighted by molar-refractivity contribution is 0.0480. The molecular formula is C15H25N3O2. The third-order valence-electron chi connectivity index (χ3n) is 3.05. The van der Waals surface area contributed by atoms with Crippen LogP contribution in [0.4, 0.5) is 4.79 Å². The van der Waals surface area contributed by atoms with E-state index in [2.05, 4.69) is 10.3 Å². The van der Waals surface area contributed by atoms with Gasteiger partial charge < -0.3 is 15.3 Å². The van der Waals surface area contributed by atoms with Gasteiger partial charge in [0.05, 0.1) is 12.1 Å². The van der Waals surface area contributed by atoms with Crippen molar-refractivity contribution in [3.05, 3.63) is 29.6 Å². The number of aliphatic hydroxyl groups is 1. The van der Waals surface area contributed by atoms with Crippen LogP contribution in [-0.4, -0.2) is 46.3 Å². The molecule has 1 heterocycles. The molecule has 20 heavy (non-hydrogen) atoms. The van der Waals surface area contributed by atoms with Crippen LogP contribution in [0.5, 0.6) is 0 Å². The fourth-order valence-corrected chi connectivity index (χ4v) is 1.99. The molecule has 2 amide bonds. The number of pyridine rings is 1. The topological polar surface area (TPSA) is 65.5 Å². The summed E-state index contributed by atoms with van der Waals surface area (Å²) in [6, 6.07) is 1.83. The maximum absolute atomic E-state index is 12.0. The smallest absolute Gasteiger partial charge is 0.317 e. The van der Waals surface area contributed by atoms with Gasteiger partial charge in [0, 0.05) is 25.5 Å². The number of carbonyl (C=O) groups is 1. The van der Waals surface area contributed by atoms with Gasteiger partial charge >= 0.3 is 6.03 Å². The van der Waals surface area contributed by atoms with E-state index in [0.29, 0.717) is 19.6 Å². The van der Waals surface area contributed by atoms with Crippen LogP contribution in [0, 0.1) is 6.92 Å². The van der Waals surface area contributed by atoms with Gasteiger partial charge in [-0.3, -0.25) is 4.98 Å². The number of nitrogens with one attached hydrogen (secondary N) is 1. The second-order valence-electron chi connectivity index (χ2n) is 5.61. The number of urea groups is 1. The molecule has 0 atom stereocenters. The van der Waals surface area contributed by atoms with Gasteiger partial charge in [0.25, 0.3) is 0 Å². The number of hydrogen-bond acceptors (Lipinski definition) is 3. The van der Waals surface area contributed by atoms with Crippen LogP contribution in [-0.2, 0) is 6.42 Å². The second kappa shape index (κ2) is 7.24. The molecule has 1 aromatic heterocycles. The first kappa shape index (κ1) is 16.4. The SMILES string of the molecule is CCN(CC(C)(C)O)C(=O)NCCc1ccncc1C. The van der Waals surface area contributed by atoms with Gasteiger partial charge in [0.15, 0.2) is 0 Å². The van der Waals surface area contributed by atoms with Crippen molar-refractivity contribution in [2.75, 3.05) is 19.6 Å². The fourth-order valence-electron chi connectivity index (χ4n) is 1.99. The average Bonchev–Trinajstić information content (AvgIpc) is 2.37. The van der Waals surface area contributed by atoms with Gasteiger partial charge in [-0.1, -0.05) is 0 Å². The molecule has 0 fully saturated rings. The van der Waals surface area contributed by atoms with Gasteiger partial charge in [-0.05, 0) is 51.3 Å². The van der Waals surface area contributed by atoms with Crippen molar-refractivity contribution in [2.24, 2.45) is 0 Å². The number of rotatable bonds is 6. The highest BCUT2D eigenvalue weighted by atomic mass is 16.3. The van der Waals surface area contributed by atoms with E-state index in [1.165, 1.54) is 5.56 Å². The summed E-state index contributed by atoms with van der Waals surface area (Å²) in [5.74, 6) is 0. The molecule has 1 rings (SSSR count). The minimum atomic E-state index is -0.880. The van der Waals surface area contributed by atoms with Gasteiger partial charge in [0.2, 0.25) is 0 Å². The Balaban J connectivity index is 2.44. The van der Waals surface area contributed by atoms with Gasteiger partial charge in [-0.15, -0.1) is 0 Å². The average molecular weight is 279 g/mol. The first-order valence-electron chi connectivity index (χ1n) is 6.98. The van der Waals surface area contributed by atoms with Crippen LogP contribution in [0.15, 0.2) is 18.5 Å². The Hall–Kier alpha value is -1.62. The molecule has 0 unspecified atom stereocenters. The highest BCUT2D eigenvalue weighted by Gasteiger charge is 2.20. The second-order valence-corrected chi connectivity index (χ2v) is 5.61. The van der Waals surface area contributed by atoms with E-state index in [1.807, 2.05) is 26.1 Å². The van der Waals surface area contributed by atoms with E-state index in [0.717, 1.165) is 12.0 Å². The third-order valence-corrected chi connectivity index (χ3v) is 3.05. The summed E-state index contributed by atoms with van der Waals surface area (Å²) < 4.78 is 0. The van der Waals surface area contributed by atoms with E-state index in [-0.39, 0.29) is 6.03 Å². The minimum absolute atomic E-state index is 0.138. The highest BCUT2D eigenvalue weighted by molar-refractivity contribution is 5.74. The molecule has 0 aromatic carbocycles. The predicted octanol–water partition coefficient (Wildman–Crippen LogP) is 1.73. The summed E-state index contributed by atoms with van der Waals surface area (Å²) in [5.41, 5.74) is 1.44. The molecule has 0 aliphatic heterocycles. The summed E-state index contributed by atoms with van der Waals surface area (Å²) in [7, 11) is 0. The molecule has 5 heteroatoms. The number of aryl methyl sites for hydroxylation is 1. The Bertz CT molecular complexity index is 441. The fraction of sp³-hybridized carbons (Fsp3) is 0.600. The lowest BCUT2D eigenvalue weighted by Crippen LogP contribution is -2.47. The largest absolute Gasteiger partial charge is 0.389 e. The predicted molar refractivity (Wildman–Crippen MR) is 79.6 cm³/mol. The first-order chi connectivity index (χ1) is 9.33. The molecule has 0 saturated heterocycles. The molecule has 0 aliphatic rings. The number of carbonyl (C=O) groups excluding carboxylic acids is 1. The zero-order chi connectivity index (χ0) is 15.2. The monoisotopic (exact) mass is 279 g/mol. The maximum atomic E-state index is 12.0. The van der Waals surface area contributed by atoms with Crippen molar-refractivity contribution in [1.82, 2.24) is 15.2 Å². The van der Waals surface area contributed by atoms with Crippen molar-refractivity contribution in [3.63, 3.8) is 0 Å². The van der Waals surface area contributed by atoms with Crippen LogP contribution in [0.2, 0.25) is 0 Å². The number of amides is 2. The summed E-state index contributed by atoms with van der Waals surface area (Å²) in [6.07, 6.45) is 4.36. The first-order valence-corrected chi connectivity index (χ1v) is 6.98. The van der Waals surface area contributed by atoms with Crippen LogP contribution in [0.1, 0.15) is 31.9 Å². The summed E-state index contributed by atoms with van der Waals surface area (Å²) in [5, 5.41) is 12.7. The van der Waals surface area contributed by atoms with Gasteiger partial charge in [0.1, 0.15) is 0 Å². The number of likely N-dealkylation sites (N-methyl/N-ethyl adjacent to an activating group) is 1. The molecule has 0 bridgehead atoms. The van der Waals surface area contributed by atoms with Crippen LogP contribution in [0.25, 0.3) is 0 Å². The van der Waals surface area contributed by atoms with Crippen molar-refractivity contribution >= 4 is 6.03 Å². The highest BCUT2D eigenvalue weighted by Crippen LogP contribution is 2.06. The lowest BCUT2D eigenvalue weighted by atomic mass is 10.1. The lowest BCUT2D eigenvalue weighted by Gasteiger charge is -2.28. The molecular weight excluding hydrogens is 254 g/mol. The summed E-state index contributed by atoms with van der Waals surface area (Å²) in [6.45, 7) is 8.78. The molecule has 1 aromatic rings. The number of nitrogens with zero attached hydrogens (tertiary/aromatic N) is 2. The Kier molecular flexibility index (Phi) is 5.95. The minimum Gasteiger partial charge on any atom is -0.389 e. The van der Waals surface area contributed by atoms with Crippen molar-refractivity contribution in [3.8, 4) is 0 Å². The van der Waals surface area contributed by atoms with E-state index >= 15 is 0 Å². The quantitative estimate of drug-likeness (QED) is 0.833. The van der Waals surface area contributed by atoms with Crippen LogP contribution < -0.4 is 5.32 Å². The molecule has 0 saturated carbocycles. The standard InChI is InChI=1S/C15H25N3O2/c1-5-18(11-15(3,4)20)14(19)17-9-7-13-6-8-16-10-12(13)2/h6,8,10,20H,5,7,9,11H2,1-4H3,(H,17,19). The normalized spacial score (nSPS) is 11.2. The van der Waals surface area contributed by atoms with E-state index in [9.17, 15) is 9.90 Å². The number of aromatic nitrogens is 1. The molecule has 0 aliphatic carbocycles. The Labute approximate surface area is 121 Å². The zero-order valence-electron chi connectivity index (χ0n) is 12.8. The zero-order valence-corrected chi connectivity index (χ0v) is 12.8. The maximum Gasteiger partial charge on any atom is 0.317 e. The molecule has 112 valence electrons. The summed E-state index contributed by atoms with van der Waals surface area (Å²) in [4.78, 5) is 17.7. The van der Waals surface area contributed by atoms with Crippen LogP contribution in [0.3, 0.4) is 0 Å². The van der Waals surface area contributed by atoms with Crippen molar-refractivity contribution in [1.29, 1.82) is 0 Å². The summed E-state index contributed by atoms with van der Waals surface area (Å²) >= 11 is 0. The van der Waals surface area contributed by atoms with E-state index < -0.39 is 5.60 Å². The Morgan fingerprint density at radius 1 is 1.50 bits per heavy atom. The number of hydrogen-bond donors (Lipinski definition) is 2. The Morgan fingerprint density at radius 2 is 2.20 bits per heavy atom. The van der Waals surface area contributed by atoms with Crippen molar-refractivity contribution < 1.29 is 9.90 Å². The van der Waals surface area contributed by atoms with Gasteiger partial charge in [-0.25, -0.2) is 4.79 Å². The molecule has 0 spiro atoms. The van der Waals surface area contributed by atoms with Gasteiger partial charge in [-0.2, -0.15) is 0 Å². The van der Waals surface area contributed by atoms with Crippen LogP contribution >= 0.6 is 0 Å². The Morgan fingerprint density at radius 3 is 2.75 bits per heavy atom. The molecule has 2 N–H and O–H groups in total. The van der Waals surface area contributed by atoms with Crippen molar-refractivity contribution in [2.45, 2.75) is 39.7 Å².